The van der Waals surface area contributed by atoms with Gasteiger partial charge in [-0.05, 0) is 38.5 Å². The van der Waals surface area contributed by atoms with Gasteiger partial charge in [0.05, 0.1) is 18.3 Å². The standard InChI is InChI=1S/C19H24N2O2/c1-14(2)23-18-10-5-4-9-17(18)21-19(22)13-20-12-16-8-6-7-15(3)11-16/h4-11,14,20H,12-13H2,1-3H3,(H,21,22). The molecule has 0 aliphatic heterocycles. The summed E-state index contributed by atoms with van der Waals surface area (Å²) in [5.41, 5.74) is 3.08. The summed E-state index contributed by atoms with van der Waals surface area (Å²) < 4.78 is 5.70. The summed E-state index contributed by atoms with van der Waals surface area (Å²) in [6.07, 6.45) is 0.0625. The van der Waals surface area contributed by atoms with Gasteiger partial charge in [-0.3, -0.25) is 4.79 Å². The Morgan fingerprint density at radius 3 is 2.65 bits per heavy atom. The molecule has 2 N–H and O–H groups in total. The van der Waals surface area contributed by atoms with Crippen molar-refractivity contribution in [3.05, 3.63) is 59.7 Å². The number of benzene rings is 2. The molecule has 2 rings (SSSR count). The maximum absolute atomic E-state index is 12.1. The van der Waals surface area contributed by atoms with Gasteiger partial charge in [0, 0.05) is 6.54 Å². The third-order valence-corrected chi connectivity index (χ3v) is 3.22. The molecule has 23 heavy (non-hydrogen) atoms. The highest BCUT2D eigenvalue weighted by Gasteiger charge is 2.08. The highest BCUT2D eigenvalue weighted by molar-refractivity contribution is 5.93. The Bertz CT molecular complexity index is 653. The molecule has 0 heterocycles. The fraction of sp³-hybridized carbons (Fsp3) is 0.316. The first kappa shape index (κ1) is 17.0. The maximum atomic E-state index is 12.1. The zero-order chi connectivity index (χ0) is 16.7. The van der Waals surface area contributed by atoms with Gasteiger partial charge in [-0.25, -0.2) is 0 Å². The van der Waals surface area contributed by atoms with Crippen LogP contribution in [-0.2, 0) is 11.3 Å². The summed E-state index contributed by atoms with van der Waals surface area (Å²) in [6, 6.07) is 15.7. The van der Waals surface area contributed by atoms with Gasteiger partial charge in [0.25, 0.3) is 0 Å². The predicted octanol–water partition coefficient (Wildman–Crippen LogP) is 3.51. The summed E-state index contributed by atoms with van der Waals surface area (Å²) in [5, 5.41) is 6.04. The summed E-state index contributed by atoms with van der Waals surface area (Å²) in [6.45, 7) is 6.90. The van der Waals surface area contributed by atoms with Gasteiger partial charge in [0.15, 0.2) is 0 Å². The first-order chi connectivity index (χ1) is 11.0. The van der Waals surface area contributed by atoms with E-state index in [2.05, 4.69) is 29.7 Å². The lowest BCUT2D eigenvalue weighted by Gasteiger charge is -2.15. The number of rotatable bonds is 7. The van der Waals surface area contributed by atoms with Crippen LogP contribution in [0.3, 0.4) is 0 Å². The lowest BCUT2D eigenvalue weighted by Crippen LogP contribution is -2.28. The van der Waals surface area contributed by atoms with E-state index in [9.17, 15) is 4.79 Å². The number of carbonyl (C=O) groups excluding carboxylic acids is 1. The van der Waals surface area contributed by atoms with E-state index in [1.165, 1.54) is 11.1 Å². The number of amides is 1. The third-order valence-electron chi connectivity index (χ3n) is 3.22. The van der Waals surface area contributed by atoms with Crippen LogP contribution < -0.4 is 15.4 Å². The second kappa shape index (κ2) is 8.34. The number of aryl methyl sites for hydroxylation is 1. The fourth-order valence-electron chi connectivity index (χ4n) is 2.26. The normalized spacial score (nSPS) is 10.6. The van der Waals surface area contributed by atoms with Gasteiger partial charge in [-0.1, -0.05) is 42.0 Å². The van der Waals surface area contributed by atoms with Crippen LogP contribution in [0.4, 0.5) is 5.69 Å². The molecule has 0 saturated heterocycles. The van der Waals surface area contributed by atoms with E-state index in [1.807, 2.05) is 50.2 Å². The number of hydrogen-bond donors (Lipinski definition) is 2. The molecule has 2 aromatic rings. The summed E-state index contributed by atoms with van der Waals surface area (Å²) in [7, 11) is 0. The van der Waals surface area contributed by atoms with Crippen molar-refractivity contribution in [3.8, 4) is 5.75 Å². The average Bonchev–Trinajstić information content (AvgIpc) is 2.49. The van der Waals surface area contributed by atoms with Gasteiger partial charge in [-0.2, -0.15) is 0 Å². The quantitative estimate of drug-likeness (QED) is 0.822. The van der Waals surface area contributed by atoms with Crippen LogP contribution in [0.25, 0.3) is 0 Å². The molecule has 122 valence electrons. The van der Waals surface area contributed by atoms with E-state index in [1.54, 1.807) is 0 Å². The van der Waals surface area contributed by atoms with Crippen molar-refractivity contribution in [3.63, 3.8) is 0 Å². The Balaban J connectivity index is 1.85. The second-order valence-corrected chi connectivity index (χ2v) is 5.80. The van der Waals surface area contributed by atoms with E-state index in [0.29, 0.717) is 18.0 Å². The molecule has 0 aliphatic rings. The Hall–Kier alpha value is -2.33. The van der Waals surface area contributed by atoms with Crippen LogP contribution in [0.5, 0.6) is 5.75 Å². The lowest BCUT2D eigenvalue weighted by molar-refractivity contribution is -0.115. The zero-order valence-electron chi connectivity index (χ0n) is 13.9. The Morgan fingerprint density at radius 1 is 1.13 bits per heavy atom. The molecule has 0 bridgehead atoms. The van der Waals surface area contributed by atoms with E-state index >= 15 is 0 Å². The minimum Gasteiger partial charge on any atom is -0.489 e. The molecule has 0 aromatic heterocycles. The van der Waals surface area contributed by atoms with Gasteiger partial charge < -0.3 is 15.4 Å². The first-order valence-electron chi connectivity index (χ1n) is 7.86. The van der Waals surface area contributed by atoms with Gasteiger partial charge in [0.1, 0.15) is 5.75 Å². The Labute approximate surface area is 137 Å². The number of carbonyl (C=O) groups is 1. The molecule has 1 amide bonds. The number of anilines is 1. The maximum Gasteiger partial charge on any atom is 0.238 e. The summed E-state index contributed by atoms with van der Waals surface area (Å²) in [5.74, 6) is 0.604. The van der Waals surface area contributed by atoms with Gasteiger partial charge >= 0.3 is 0 Å². The predicted molar refractivity (Wildman–Crippen MR) is 93.7 cm³/mol. The smallest absolute Gasteiger partial charge is 0.238 e. The van der Waals surface area contributed by atoms with Crippen molar-refractivity contribution in [2.45, 2.75) is 33.4 Å². The van der Waals surface area contributed by atoms with Crippen LogP contribution in [0, 0.1) is 6.92 Å². The topological polar surface area (TPSA) is 50.4 Å². The molecule has 0 aliphatic carbocycles. The number of ether oxygens (including phenoxy) is 1. The van der Waals surface area contributed by atoms with Crippen LogP contribution in [0.1, 0.15) is 25.0 Å². The van der Waals surface area contributed by atoms with Gasteiger partial charge in [-0.15, -0.1) is 0 Å². The number of hydrogen-bond acceptors (Lipinski definition) is 3. The van der Waals surface area contributed by atoms with Crippen molar-refractivity contribution in [1.82, 2.24) is 5.32 Å². The molecule has 0 unspecified atom stereocenters. The van der Waals surface area contributed by atoms with Crippen LogP contribution >= 0.6 is 0 Å². The lowest BCUT2D eigenvalue weighted by atomic mass is 10.1. The largest absolute Gasteiger partial charge is 0.489 e. The Kier molecular flexibility index (Phi) is 6.18. The van der Waals surface area contributed by atoms with Crippen molar-refractivity contribution < 1.29 is 9.53 Å². The number of nitrogens with one attached hydrogen (secondary N) is 2. The van der Waals surface area contributed by atoms with Gasteiger partial charge in [0.2, 0.25) is 5.91 Å². The SMILES string of the molecule is Cc1cccc(CNCC(=O)Nc2ccccc2OC(C)C)c1. The number of para-hydroxylation sites is 2. The average molecular weight is 312 g/mol. The van der Waals surface area contributed by atoms with Crippen molar-refractivity contribution >= 4 is 11.6 Å². The fourth-order valence-corrected chi connectivity index (χ4v) is 2.26. The van der Waals surface area contributed by atoms with Crippen molar-refractivity contribution in [1.29, 1.82) is 0 Å². The van der Waals surface area contributed by atoms with E-state index < -0.39 is 0 Å². The third kappa shape index (κ3) is 5.75. The monoisotopic (exact) mass is 312 g/mol. The molecule has 2 aromatic carbocycles. The molecular weight excluding hydrogens is 288 g/mol. The van der Waals surface area contributed by atoms with Crippen LogP contribution in [0.15, 0.2) is 48.5 Å². The molecule has 0 atom stereocenters. The molecular formula is C19H24N2O2. The minimum atomic E-state index is -0.0857. The highest BCUT2D eigenvalue weighted by Crippen LogP contribution is 2.24. The first-order valence-corrected chi connectivity index (χ1v) is 7.86. The molecule has 0 fully saturated rings. The summed E-state index contributed by atoms with van der Waals surface area (Å²) in [4.78, 5) is 12.1. The molecule has 0 spiro atoms. The van der Waals surface area contributed by atoms with Crippen LogP contribution in [0.2, 0.25) is 0 Å². The summed E-state index contributed by atoms with van der Waals surface area (Å²) >= 11 is 0. The van der Waals surface area contributed by atoms with E-state index in [-0.39, 0.29) is 18.6 Å². The van der Waals surface area contributed by atoms with E-state index in [0.717, 1.165) is 0 Å². The van der Waals surface area contributed by atoms with Crippen molar-refractivity contribution in [2.24, 2.45) is 0 Å². The minimum absolute atomic E-state index is 0.0625. The Morgan fingerprint density at radius 2 is 1.91 bits per heavy atom. The van der Waals surface area contributed by atoms with Crippen molar-refractivity contribution in [2.75, 3.05) is 11.9 Å². The zero-order valence-corrected chi connectivity index (χ0v) is 13.9. The van der Waals surface area contributed by atoms with E-state index in [4.69, 9.17) is 4.74 Å². The molecule has 4 heteroatoms. The van der Waals surface area contributed by atoms with Crippen LogP contribution in [-0.4, -0.2) is 18.6 Å². The second-order valence-electron chi connectivity index (χ2n) is 5.80. The molecule has 4 nitrogen and oxygen atoms in total. The molecule has 0 saturated carbocycles. The highest BCUT2D eigenvalue weighted by atomic mass is 16.5. The molecule has 0 radical (unpaired) electrons.